The monoisotopic (exact) mass is 262 g/mol. The van der Waals surface area contributed by atoms with Gasteiger partial charge in [0.05, 0.1) is 0 Å². The molecule has 0 fully saturated rings. The Kier molecular flexibility index (Phi) is 4.26. The maximum Gasteiger partial charge on any atom is 0.163 e. The number of benzene rings is 1. The average Bonchev–Trinajstić information content (AvgIpc) is 2.85. The molecule has 2 aromatic rings. The van der Waals surface area contributed by atoms with Crippen molar-refractivity contribution in [2.24, 2.45) is 0 Å². The first-order valence-corrected chi connectivity index (χ1v) is 6.86. The molecule has 2 rings (SSSR count). The number of hydrogen-bond donors (Lipinski definition) is 0. The SMILES string of the molecule is Cc1ccc(F)cc1C(=O)CCCc1cccs1. The molecule has 0 N–H and O–H groups in total. The highest BCUT2D eigenvalue weighted by molar-refractivity contribution is 7.09. The van der Waals surface area contributed by atoms with Crippen LogP contribution in [0.4, 0.5) is 4.39 Å². The van der Waals surface area contributed by atoms with Crippen molar-refractivity contribution in [1.82, 2.24) is 0 Å². The second kappa shape index (κ2) is 5.91. The number of carbonyl (C=O) groups excluding carboxylic acids is 1. The summed E-state index contributed by atoms with van der Waals surface area (Å²) in [6.07, 6.45) is 2.20. The number of rotatable bonds is 5. The summed E-state index contributed by atoms with van der Waals surface area (Å²) in [5.41, 5.74) is 1.36. The highest BCUT2D eigenvalue weighted by Gasteiger charge is 2.10. The van der Waals surface area contributed by atoms with E-state index in [1.165, 1.54) is 17.0 Å². The summed E-state index contributed by atoms with van der Waals surface area (Å²) in [5.74, 6) is -0.314. The summed E-state index contributed by atoms with van der Waals surface area (Å²) < 4.78 is 13.1. The van der Waals surface area contributed by atoms with Crippen molar-refractivity contribution in [2.45, 2.75) is 26.2 Å². The van der Waals surface area contributed by atoms with Gasteiger partial charge in [-0.25, -0.2) is 4.39 Å². The van der Waals surface area contributed by atoms with Gasteiger partial charge in [0.15, 0.2) is 5.78 Å². The first kappa shape index (κ1) is 13.0. The van der Waals surface area contributed by atoms with Gasteiger partial charge in [0.25, 0.3) is 0 Å². The van der Waals surface area contributed by atoms with Crippen LogP contribution in [0.25, 0.3) is 0 Å². The van der Waals surface area contributed by atoms with Gasteiger partial charge in [-0.3, -0.25) is 4.79 Å². The molecule has 0 bridgehead atoms. The Labute approximate surface area is 110 Å². The van der Waals surface area contributed by atoms with Gasteiger partial charge in [-0.2, -0.15) is 0 Å². The van der Waals surface area contributed by atoms with Gasteiger partial charge in [-0.15, -0.1) is 11.3 Å². The molecule has 0 atom stereocenters. The predicted molar refractivity (Wildman–Crippen MR) is 72.7 cm³/mol. The van der Waals surface area contributed by atoms with E-state index in [-0.39, 0.29) is 11.6 Å². The third-order valence-electron chi connectivity index (χ3n) is 2.91. The third kappa shape index (κ3) is 3.26. The van der Waals surface area contributed by atoms with Gasteiger partial charge in [0, 0.05) is 16.9 Å². The van der Waals surface area contributed by atoms with Crippen molar-refractivity contribution in [1.29, 1.82) is 0 Å². The zero-order chi connectivity index (χ0) is 13.0. The smallest absolute Gasteiger partial charge is 0.163 e. The zero-order valence-corrected chi connectivity index (χ0v) is 11.1. The summed E-state index contributed by atoms with van der Waals surface area (Å²) >= 11 is 1.70. The van der Waals surface area contributed by atoms with E-state index in [0.717, 1.165) is 18.4 Å². The zero-order valence-electron chi connectivity index (χ0n) is 10.3. The van der Waals surface area contributed by atoms with Crippen LogP contribution in [-0.2, 0) is 6.42 Å². The van der Waals surface area contributed by atoms with Gasteiger partial charge in [0.2, 0.25) is 0 Å². The molecule has 0 aliphatic rings. The molecule has 0 saturated heterocycles. The first-order chi connectivity index (χ1) is 8.66. The van der Waals surface area contributed by atoms with Crippen molar-refractivity contribution in [3.8, 4) is 0 Å². The lowest BCUT2D eigenvalue weighted by Crippen LogP contribution is -2.03. The Morgan fingerprint density at radius 1 is 1.33 bits per heavy atom. The van der Waals surface area contributed by atoms with Crippen LogP contribution in [0, 0.1) is 12.7 Å². The molecule has 1 nitrogen and oxygen atoms in total. The highest BCUT2D eigenvalue weighted by Crippen LogP contribution is 2.16. The molecule has 0 saturated carbocycles. The molecular weight excluding hydrogens is 247 g/mol. The second-order valence-electron chi connectivity index (χ2n) is 4.32. The fourth-order valence-corrected chi connectivity index (χ4v) is 2.66. The van der Waals surface area contributed by atoms with Crippen LogP contribution in [0.15, 0.2) is 35.7 Å². The Balaban J connectivity index is 1.93. The fraction of sp³-hybridized carbons (Fsp3) is 0.267. The maximum atomic E-state index is 13.1. The predicted octanol–water partition coefficient (Wildman–Crippen LogP) is 4.40. The van der Waals surface area contributed by atoms with E-state index in [1.54, 1.807) is 17.4 Å². The maximum absolute atomic E-state index is 13.1. The fourth-order valence-electron chi connectivity index (χ4n) is 1.91. The lowest BCUT2D eigenvalue weighted by Gasteiger charge is -2.04. The summed E-state index contributed by atoms with van der Waals surface area (Å²) in [6, 6.07) is 8.46. The molecule has 3 heteroatoms. The lowest BCUT2D eigenvalue weighted by molar-refractivity contribution is 0.0979. The second-order valence-corrected chi connectivity index (χ2v) is 5.35. The van der Waals surface area contributed by atoms with Crippen LogP contribution in [0.2, 0.25) is 0 Å². The molecule has 18 heavy (non-hydrogen) atoms. The number of ketones is 1. The minimum atomic E-state index is -0.345. The standard InChI is InChI=1S/C15H15FOS/c1-11-7-8-12(16)10-14(11)15(17)6-2-4-13-5-3-9-18-13/h3,5,7-10H,2,4,6H2,1H3. The van der Waals surface area contributed by atoms with Crippen LogP contribution in [0.5, 0.6) is 0 Å². The van der Waals surface area contributed by atoms with Crippen LogP contribution < -0.4 is 0 Å². The van der Waals surface area contributed by atoms with Gasteiger partial charge < -0.3 is 0 Å². The van der Waals surface area contributed by atoms with E-state index >= 15 is 0 Å². The number of Topliss-reactive ketones (excluding diaryl/α,β-unsaturated/α-hetero) is 1. The molecule has 1 heterocycles. The molecule has 0 aliphatic heterocycles. The van der Waals surface area contributed by atoms with Crippen molar-refractivity contribution in [3.05, 3.63) is 57.5 Å². The number of aryl methyl sites for hydroxylation is 2. The molecule has 1 aromatic carbocycles. The van der Waals surface area contributed by atoms with Gasteiger partial charge in [-0.05, 0) is 48.9 Å². The molecule has 0 unspecified atom stereocenters. The van der Waals surface area contributed by atoms with Crippen LogP contribution >= 0.6 is 11.3 Å². The Morgan fingerprint density at radius 3 is 2.89 bits per heavy atom. The molecule has 0 spiro atoms. The Morgan fingerprint density at radius 2 is 2.17 bits per heavy atom. The van der Waals surface area contributed by atoms with E-state index in [0.29, 0.717) is 12.0 Å². The molecular formula is C15H15FOS. The van der Waals surface area contributed by atoms with E-state index in [2.05, 4.69) is 6.07 Å². The summed E-state index contributed by atoms with van der Waals surface area (Å²) in [5, 5.41) is 2.04. The average molecular weight is 262 g/mol. The van der Waals surface area contributed by atoms with Gasteiger partial charge in [-0.1, -0.05) is 12.1 Å². The topological polar surface area (TPSA) is 17.1 Å². The number of hydrogen-bond acceptors (Lipinski definition) is 2. The third-order valence-corrected chi connectivity index (χ3v) is 3.84. The summed E-state index contributed by atoms with van der Waals surface area (Å²) in [7, 11) is 0. The van der Waals surface area contributed by atoms with E-state index in [1.807, 2.05) is 18.4 Å². The van der Waals surface area contributed by atoms with Crippen LogP contribution in [0.3, 0.4) is 0 Å². The van der Waals surface area contributed by atoms with Crippen molar-refractivity contribution < 1.29 is 9.18 Å². The van der Waals surface area contributed by atoms with Crippen molar-refractivity contribution in [3.63, 3.8) is 0 Å². The summed E-state index contributed by atoms with van der Waals surface area (Å²) in [4.78, 5) is 13.3. The number of carbonyl (C=O) groups is 1. The lowest BCUT2D eigenvalue weighted by atomic mass is 10.0. The van der Waals surface area contributed by atoms with E-state index in [4.69, 9.17) is 0 Å². The Hall–Kier alpha value is -1.48. The number of halogens is 1. The largest absolute Gasteiger partial charge is 0.294 e. The van der Waals surface area contributed by atoms with E-state index in [9.17, 15) is 9.18 Å². The molecule has 94 valence electrons. The minimum absolute atomic E-state index is 0.0311. The van der Waals surface area contributed by atoms with Crippen LogP contribution in [0.1, 0.15) is 33.6 Å². The van der Waals surface area contributed by atoms with Gasteiger partial charge in [0.1, 0.15) is 5.82 Å². The van der Waals surface area contributed by atoms with Crippen molar-refractivity contribution in [2.75, 3.05) is 0 Å². The minimum Gasteiger partial charge on any atom is -0.294 e. The highest BCUT2D eigenvalue weighted by atomic mass is 32.1. The molecule has 0 amide bonds. The quantitative estimate of drug-likeness (QED) is 0.730. The molecule has 0 radical (unpaired) electrons. The summed E-state index contributed by atoms with van der Waals surface area (Å²) in [6.45, 7) is 1.84. The van der Waals surface area contributed by atoms with Gasteiger partial charge >= 0.3 is 0 Å². The van der Waals surface area contributed by atoms with Crippen molar-refractivity contribution >= 4 is 17.1 Å². The Bertz CT molecular complexity index is 531. The van der Waals surface area contributed by atoms with Crippen LogP contribution in [-0.4, -0.2) is 5.78 Å². The first-order valence-electron chi connectivity index (χ1n) is 5.98. The molecule has 1 aromatic heterocycles. The van der Waals surface area contributed by atoms with E-state index < -0.39 is 0 Å². The number of thiophene rings is 1. The molecule has 0 aliphatic carbocycles. The normalized spacial score (nSPS) is 10.6.